The SMILES string of the molecule is OCc1cnc(-c2cc(Cl)c3c(c2)OCO3)[nH]1. The first kappa shape index (κ1) is 10.4. The lowest BCUT2D eigenvalue weighted by atomic mass is 10.2. The van der Waals surface area contributed by atoms with E-state index in [9.17, 15) is 0 Å². The van der Waals surface area contributed by atoms with Gasteiger partial charge in [-0.2, -0.15) is 0 Å². The maximum absolute atomic E-state index is 8.97. The number of rotatable bonds is 2. The summed E-state index contributed by atoms with van der Waals surface area (Å²) in [7, 11) is 0. The summed E-state index contributed by atoms with van der Waals surface area (Å²) >= 11 is 6.07. The lowest BCUT2D eigenvalue weighted by Crippen LogP contribution is -1.93. The largest absolute Gasteiger partial charge is 0.454 e. The van der Waals surface area contributed by atoms with Crippen molar-refractivity contribution in [3.63, 3.8) is 0 Å². The molecule has 0 saturated heterocycles. The minimum Gasteiger partial charge on any atom is -0.454 e. The molecule has 1 aliphatic heterocycles. The van der Waals surface area contributed by atoms with Crippen molar-refractivity contribution < 1.29 is 14.6 Å². The lowest BCUT2D eigenvalue weighted by Gasteiger charge is -2.02. The molecule has 3 rings (SSSR count). The maximum atomic E-state index is 8.97. The molecule has 2 aromatic rings. The van der Waals surface area contributed by atoms with Crippen LogP contribution < -0.4 is 9.47 Å². The van der Waals surface area contributed by atoms with Gasteiger partial charge in [-0.3, -0.25) is 0 Å². The predicted octanol–water partition coefficient (Wildman–Crippen LogP) is 1.95. The number of hydrogen-bond donors (Lipinski definition) is 2. The molecular formula is C11H9ClN2O3. The quantitative estimate of drug-likeness (QED) is 0.857. The van der Waals surface area contributed by atoms with E-state index in [-0.39, 0.29) is 13.4 Å². The Morgan fingerprint density at radius 1 is 1.41 bits per heavy atom. The molecule has 2 N–H and O–H groups in total. The van der Waals surface area contributed by atoms with E-state index < -0.39 is 0 Å². The number of aliphatic hydroxyl groups is 1. The van der Waals surface area contributed by atoms with Gasteiger partial charge in [0.05, 0.1) is 23.5 Å². The van der Waals surface area contributed by atoms with Crippen molar-refractivity contribution >= 4 is 11.6 Å². The molecule has 0 saturated carbocycles. The molecule has 2 heterocycles. The van der Waals surface area contributed by atoms with Crippen molar-refractivity contribution in [3.05, 3.63) is 29.0 Å². The van der Waals surface area contributed by atoms with Gasteiger partial charge in [0.1, 0.15) is 5.82 Å². The van der Waals surface area contributed by atoms with Crippen LogP contribution in [0, 0.1) is 0 Å². The molecule has 0 fully saturated rings. The second kappa shape index (κ2) is 3.94. The first-order chi connectivity index (χ1) is 8.28. The van der Waals surface area contributed by atoms with Crippen LogP contribution in [0.4, 0.5) is 0 Å². The number of nitrogens with one attached hydrogen (secondary N) is 1. The molecule has 1 aliphatic rings. The molecule has 0 aliphatic carbocycles. The van der Waals surface area contributed by atoms with Crippen LogP contribution in [-0.4, -0.2) is 21.9 Å². The summed E-state index contributed by atoms with van der Waals surface area (Å²) in [6.07, 6.45) is 1.58. The van der Waals surface area contributed by atoms with E-state index >= 15 is 0 Å². The zero-order chi connectivity index (χ0) is 11.8. The Morgan fingerprint density at radius 3 is 3.06 bits per heavy atom. The summed E-state index contributed by atoms with van der Waals surface area (Å²) < 4.78 is 10.5. The molecule has 6 heteroatoms. The van der Waals surface area contributed by atoms with Gasteiger partial charge < -0.3 is 19.6 Å². The van der Waals surface area contributed by atoms with Crippen molar-refractivity contribution in [2.24, 2.45) is 0 Å². The van der Waals surface area contributed by atoms with Crippen molar-refractivity contribution in [2.75, 3.05) is 6.79 Å². The number of imidazole rings is 1. The Bertz CT molecular complexity index is 568. The molecule has 0 atom stereocenters. The third kappa shape index (κ3) is 1.73. The summed E-state index contributed by atoms with van der Waals surface area (Å²) in [5, 5.41) is 9.45. The fourth-order valence-corrected chi connectivity index (χ4v) is 1.96. The number of nitrogens with zero attached hydrogens (tertiary/aromatic N) is 1. The zero-order valence-corrected chi connectivity index (χ0v) is 9.49. The highest BCUT2D eigenvalue weighted by Crippen LogP contribution is 2.41. The van der Waals surface area contributed by atoms with Crippen molar-refractivity contribution in [1.82, 2.24) is 9.97 Å². The van der Waals surface area contributed by atoms with Gasteiger partial charge in [-0.25, -0.2) is 4.98 Å². The van der Waals surface area contributed by atoms with E-state index in [0.717, 1.165) is 5.56 Å². The monoisotopic (exact) mass is 252 g/mol. The second-order valence-corrected chi connectivity index (χ2v) is 4.01. The number of aromatic nitrogens is 2. The Morgan fingerprint density at radius 2 is 2.29 bits per heavy atom. The minimum absolute atomic E-state index is 0.0781. The van der Waals surface area contributed by atoms with E-state index in [2.05, 4.69) is 9.97 Å². The van der Waals surface area contributed by atoms with Gasteiger partial charge in [0.25, 0.3) is 0 Å². The van der Waals surface area contributed by atoms with E-state index in [4.69, 9.17) is 26.2 Å². The summed E-state index contributed by atoms with van der Waals surface area (Å²) in [5.74, 6) is 1.80. The molecule has 1 aromatic heterocycles. The van der Waals surface area contributed by atoms with Crippen LogP contribution in [0.5, 0.6) is 11.5 Å². The Hall–Kier alpha value is -1.72. The highest BCUT2D eigenvalue weighted by Gasteiger charge is 2.19. The standard InChI is InChI=1S/C11H9ClN2O3/c12-8-1-6(2-9-10(8)17-5-16-9)11-13-3-7(4-15)14-11/h1-3,15H,4-5H2,(H,13,14). The number of ether oxygens (including phenoxy) is 2. The molecule has 1 aromatic carbocycles. The van der Waals surface area contributed by atoms with E-state index in [1.54, 1.807) is 18.3 Å². The lowest BCUT2D eigenvalue weighted by molar-refractivity contribution is 0.174. The number of halogens is 1. The normalized spacial score (nSPS) is 13.1. The van der Waals surface area contributed by atoms with Crippen molar-refractivity contribution in [2.45, 2.75) is 6.61 Å². The summed E-state index contributed by atoms with van der Waals surface area (Å²) in [6.45, 7) is 0.101. The number of H-pyrrole nitrogens is 1. The molecule has 5 nitrogen and oxygen atoms in total. The number of hydrogen-bond acceptors (Lipinski definition) is 4. The fourth-order valence-electron chi connectivity index (χ4n) is 1.69. The van der Waals surface area contributed by atoms with Crippen LogP contribution in [0.1, 0.15) is 5.69 Å². The molecule has 0 spiro atoms. The number of aliphatic hydroxyl groups excluding tert-OH is 1. The average molecular weight is 253 g/mol. The smallest absolute Gasteiger partial charge is 0.231 e. The molecule has 0 unspecified atom stereocenters. The predicted molar refractivity (Wildman–Crippen MR) is 61.1 cm³/mol. The van der Waals surface area contributed by atoms with Crippen molar-refractivity contribution in [1.29, 1.82) is 0 Å². The highest BCUT2D eigenvalue weighted by molar-refractivity contribution is 6.32. The summed E-state index contributed by atoms with van der Waals surface area (Å²) in [5.41, 5.74) is 1.44. The van der Waals surface area contributed by atoms with Crippen molar-refractivity contribution in [3.8, 4) is 22.9 Å². The average Bonchev–Trinajstić information content (AvgIpc) is 2.97. The zero-order valence-electron chi connectivity index (χ0n) is 8.74. The maximum Gasteiger partial charge on any atom is 0.231 e. The van der Waals surface area contributed by atoms with Crippen LogP contribution in [0.3, 0.4) is 0 Å². The Kier molecular flexibility index (Phi) is 2.42. The number of aromatic amines is 1. The first-order valence-electron chi connectivity index (χ1n) is 5.02. The molecule has 0 radical (unpaired) electrons. The Labute approximate surface area is 102 Å². The molecule has 0 amide bonds. The molecular weight excluding hydrogens is 244 g/mol. The van der Waals surface area contributed by atoms with Crippen LogP contribution >= 0.6 is 11.6 Å². The van der Waals surface area contributed by atoms with Crippen LogP contribution in [0.15, 0.2) is 18.3 Å². The van der Waals surface area contributed by atoms with Gasteiger partial charge in [-0.15, -0.1) is 0 Å². The van der Waals surface area contributed by atoms with Gasteiger partial charge >= 0.3 is 0 Å². The number of benzene rings is 1. The van der Waals surface area contributed by atoms with Gasteiger partial charge in [0.15, 0.2) is 11.5 Å². The van der Waals surface area contributed by atoms with E-state index in [1.165, 1.54) is 0 Å². The van der Waals surface area contributed by atoms with Gasteiger partial charge in [-0.1, -0.05) is 11.6 Å². The van der Waals surface area contributed by atoms with Crippen LogP contribution in [0.25, 0.3) is 11.4 Å². The first-order valence-corrected chi connectivity index (χ1v) is 5.40. The molecule has 17 heavy (non-hydrogen) atoms. The van der Waals surface area contributed by atoms with Gasteiger partial charge in [0, 0.05) is 5.56 Å². The van der Waals surface area contributed by atoms with E-state index in [0.29, 0.717) is 28.0 Å². The third-order valence-corrected chi connectivity index (χ3v) is 2.78. The second-order valence-electron chi connectivity index (χ2n) is 3.61. The van der Waals surface area contributed by atoms with Gasteiger partial charge in [-0.05, 0) is 12.1 Å². The topological polar surface area (TPSA) is 67.4 Å². The number of fused-ring (bicyclic) bond motifs is 1. The van der Waals surface area contributed by atoms with Gasteiger partial charge in [0.2, 0.25) is 6.79 Å². The Balaban J connectivity index is 2.06. The van der Waals surface area contributed by atoms with E-state index in [1.807, 2.05) is 0 Å². The van der Waals surface area contributed by atoms with Crippen LogP contribution in [-0.2, 0) is 6.61 Å². The summed E-state index contributed by atoms with van der Waals surface area (Å²) in [6, 6.07) is 3.54. The summed E-state index contributed by atoms with van der Waals surface area (Å²) in [4.78, 5) is 7.13. The van der Waals surface area contributed by atoms with Crippen LogP contribution in [0.2, 0.25) is 5.02 Å². The molecule has 0 bridgehead atoms. The third-order valence-electron chi connectivity index (χ3n) is 2.50. The fraction of sp³-hybridized carbons (Fsp3) is 0.182. The highest BCUT2D eigenvalue weighted by atomic mass is 35.5. The minimum atomic E-state index is -0.0781. The molecule has 88 valence electrons.